The predicted molar refractivity (Wildman–Crippen MR) is 71.8 cm³/mol. The van der Waals surface area contributed by atoms with Gasteiger partial charge in [0.05, 0.1) is 6.61 Å². The maximum Gasteiger partial charge on any atom is 0.254 e. The lowest BCUT2D eigenvalue weighted by Gasteiger charge is -2.26. The van der Waals surface area contributed by atoms with Gasteiger partial charge >= 0.3 is 0 Å². The van der Waals surface area contributed by atoms with Crippen LogP contribution in [-0.2, 0) is 0 Å². The van der Waals surface area contributed by atoms with E-state index in [2.05, 4.69) is 4.98 Å². The number of pyridine rings is 1. The molecule has 0 atom stereocenters. The topological polar surface area (TPSA) is 56.7 Å². The summed E-state index contributed by atoms with van der Waals surface area (Å²) in [6.45, 7) is 4.18. The van der Waals surface area contributed by atoms with Crippen molar-refractivity contribution in [2.75, 3.05) is 32.1 Å². The van der Waals surface area contributed by atoms with Crippen molar-refractivity contribution in [3.05, 3.63) is 23.9 Å². The predicted octanol–water partition coefficient (Wildman–Crippen LogP) is 0.990. The van der Waals surface area contributed by atoms with Crippen LogP contribution in [-0.4, -0.2) is 54.2 Å². The van der Waals surface area contributed by atoms with Gasteiger partial charge in [-0.1, -0.05) is 0 Å². The standard InChI is InChI=1S/C13H21N3O2/c1-10(2)16(7-8-17)13(18)11-5-6-14-12(9-11)15(3)4/h5-6,9-10,17H,7-8H2,1-4H3. The number of anilines is 1. The molecular weight excluding hydrogens is 230 g/mol. The zero-order valence-corrected chi connectivity index (χ0v) is 11.4. The fraction of sp³-hybridized carbons (Fsp3) is 0.538. The van der Waals surface area contributed by atoms with Gasteiger partial charge in [-0.25, -0.2) is 4.98 Å². The summed E-state index contributed by atoms with van der Waals surface area (Å²) in [7, 11) is 3.76. The van der Waals surface area contributed by atoms with E-state index in [-0.39, 0.29) is 18.6 Å². The molecule has 1 amide bonds. The Morgan fingerprint density at radius 3 is 2.61 bits per heavy atom. The number of carbonyl (C=O) groups excluding carboxylic acids is 1. The van der Waals surface area contributed by atoms with Crippen molar-refractivity contribution in [3.63, 3.8) is 0 Å². The van der Waals surface area contributed by atoms with Crippen molar-refractivity contribution >= 4 is 11.7 Å². The first-order valence-corrected chi connectivity index (χ1v) is 6.02. The van der Waals surface area contributed by atoms with Crippen LogP contribution in [0, 0.1) is 0 Å². The highest BCUT2D eigenvalue weighted by Gasteiger charge is 2.18. The number of aliphatic hydroxyl groups is 1. The highest BCUT2D eigenvalue weighted by Crippen LogP contribution is 2.13. The van der Waals surface area contributed by atoms with Crippen molar-refractivity contribution in [3.8, 4) is 0 Å². The SMILES string of the molecule is CC(C)N(CCO)C(=O)c1ccnc(N(C)C)c1. The maximum absolute atomic E-state index is 12.3. The molecule has 0 fully saturated rings. The quantitative estimate of drug-likeness (QED) is 0.848. The van der Waals surface area contributed by atoms with Crippen molar-refractivity contribution in [1.82, 2.24) is 9.88 Å². The van der Waals surface area contributed by atoms with E-state index in [1.165, 1.54) is 0 Å². The summed E-state index contributed by atoms with van der Waals surface area (Å²) in [5.74, 6) is 0.665. The summed E-state index contributed by atoms with van der Waals surface area (Å²) < 4.78 is 0. The van der Waals surface area contributed by atoms with Crippen LogP contribution in [0.3, 0.4) is 0 Å². The molecule has 18 heavy (non-hydrogen) atoms. The third kappa shape index (κ3) is 3.43. The fourth-order valence-electron chi connectivity index (χ4n) is 1.66. The van der Waals surface area contributed by atoms with Crippen LogP contribution < -0.4 is 4.90 Å². The van der Waals surface area contributed by atoms with E-state index in [1.54, 1.807) is 23.2 Å². The molecule has 0 aliphatic rings. The van der Waals surface area contributed by atoms with Crippen LogP contribution in [0.1, 0.15) is 24.2 Å². The minimum Gasteiger partial charge on any atom is -0.395 e. The maximum atomic E-state index is 12.3. The second-order valence-electron chi connectivity index (χ2n) is 4.61. The normalized spacial score (nSPS) is 10.6. The third-order valence-electron chi connectivity index (χ3n) is 2.68. The molecule has 1 aromatic rings. The Morgan fingerprint density at radius 1 is 1.44 bits per heavy atom. The molecule has 0 aliphatic heterocycles. The van der Waals surface area contributed by atoms with Gasteiger partial charge in [0.1, 0.15) is 5.82 Å². The summed E-state index contributed by atoms with van der Waals surface area (Å²) in [4.78, 5) is 20.0. The Labute approximate surface area is 108 Å². The fourth-order valence-corrected chi connectivity index (χ4v) is 1.66. The van der Waals surface area contributed by atoms with Crippen LogP contribution >= 0.6 is 0 Å². The van der Waals surface area contributed by atoms with Gasteiger partial charge in [-0.2, -0.15) is 0 Å². The van der Waals surface area contributed by atoms with E-state index in [1.807, 2.05) is 32.8 Å². The van der Waals surface area contributed by atoms with Gasteiger partial charge in [0.15, 0.2) is 0 Å². The third-order valence-corrected chi connectivity index (χ3v) is 2.68. The molecular formula is C13H21N3O2. The monoisotopic (exact) mass is 251 g/mol. The molecule has 1 rings (SSSR count). The first kappa shape index (κ1) is 14.4. The average molecular weight is 251 g/mol. The van der Waals surface area contributed by atoms with Gasteiger partial charge in [-0.05, 0) is 26.0 Å². The molecule has 1 N–H and O–H groups in total. The van der Waals surface area contributed by atoms with Crippen LogP contribution in [0.5, 0.6) is 0 Å². The number of rotatable bonds is 5. The van der Waals surface area contributed by atoms with Crippen LogP contribution in [0.25, 0.3) is 0 Å². The molecule has 0 bridgehead atoms. The van der Waals surface area contributed by atoms with Gasteiger partial charge in [-0.15, -0.1) is 0 Å². The molecule has 0 unspecified atom stereocenters. The van der Waals surface area contributed by atoms with E-state index < -0.39 is 0 Å². The Bertz CT molecular complexity index is 405. The van der Waals surface area contributed by atoms with Gasteiger partial charge in [0.2, 0.25) is 0 Å². The average Bonchev–Trinajstić information content (AvgIpc) is 2.35. The molecule has 0 spiro atoms. The van der Waals surface area contributed by atoms with Crippen molar-refractivity contribution in [1.29, 1.82) is 0 Å². The number of amides is 1. The van der Waals surface area contributed by atoms with Crippen molar-refractivity contribution in [2.45, 2.75) is 19.9 Å². The van der Waals surface area contributed by atoms with E-state index in [9.17, 15) is 4.79 Å². The molecule has 0 aliphatic carbocycles. The molecule has 5 heteroatoms. The summed E-state index contributed by atoms with van der Waals surface area (Å²) in [6.07, 6.45) is 1.63. The Morgan fingerprint density at radius 2 is 2.11 bits per heavy atom. The number of hydrogen-bond acceptors (Lipinski definition) is 4. The van der Waals surface area contributed by atoms with Gasteiger partial charge in [0, 0.05) is 38.4 Å². The Hall–Kier alpha value is -1.62. The van der Waals surface area contributed by atoms with E-state index >= 15 is 0 Å². The molecule has 5 nitrogen and oxygen atoms in total. The number of nitrogens with zero attached hydrogens (tertiary/aromatic N) is 3. The molecule has 0 aromatic carbocycles. The van der Waals surface area contributed by atoms with Crippen LogP contribution in [0.2, 0.25) is 0 Å². The van der Waals surface area contributed by atoms with E-state index in [0.717, 1.165) is 5.82 Å². The summed E-state index contributed by atoms with van der Waals surface area (Å²) in [5.41, 5.74) is 0.593. The summed E-state index contributed by atoms with van der Waals surface area (Å²) in [5, 5.41) is 9.01. The lowest BCUT2D eigenvalue weighted by atomic mass is 10.2. The Kier molecular flexibility index (Phi) is 5.09. The minimum atomic E-state index is -0.0791. The first-order chi connectivity index (χ1) is 8.47. The number of aliphatic hydroxyl groups excluding tert-OH is 1. The minimum absolute atomic E-state index is 0.0322. The molecule has 0 saturated carbocycles. The zero-order chi connectivity index (χ0) is 13.7. The molecule has 100 valence electrons. The first-order valence-electron chi connectivity index (χ1n) is 6.02. The zero-order valence-electron chi connectivity index (χ0n) is 11.4. The van der Waals surface area contributed by atoms with E-state index in [4.69, 9.17) is 5.11 Å². The largest absolute Gasteiger partial charge is 0.395 e. The summed E-state index contributed by atoms with van der Waals surface area (Å²) in [6, 6.07) is 3.51. The second kappa shape index (κ2) is 6.35. The van der Waals surface area contributed by atoms with Crippen molar-refractivity contribution < 1.29 is 9.90 Å². The molecule has 1 aromatic heterocycles. The van der Waals surface area contributed by atoms with Crippen LogP contribution in [0.4, 0.5) is 5.82 Å². The van der Waals surface area contributed by atoms with Gasteiger partial charge < -0.3 is 14.9 Å². The Balaban J connectivity index is 2.97. The van der Waals surface area contributed by atoms with Gasteiger partial charge in [0.25, 0.3) is 5.91 Å². The summed E-state index contributed by atoms with van der Waals surface area (Å²) >= 11 is 0. The molecule has 0 saturated heterocycles. The molecule has 0 radical (unpaired) electrons. The number of aromatic nitrogens is 1. The highest BCUT2D eigenvalue weighted by molar-refractivity contribution is 5.95. The van der Waals surface area contributed by atoms with Crippen LogP contribution in [0.15, 0.2) is 18.3 Å². The number of carbonyl (C=O) groups is 1. The lowest BCUT2D eigenvalue weighted by Crippen LogP contribution is -2.39. The highest BCUT2D eigenvalue weighted by atomic mass is 16.3. The van der Waals surface area contributed by atoms with Crippen molar-refractivity contribution in [2.24, 2.45) is 0 Å². The van der Waals surface area contributed by atoms with Gasteiger partial charge in [-0.3, -0.25) is 4.79 Å². The molecule has 1 heterocycles. The smallest absolute Gasteiger partial charge is 0.254 e. The second-order valence-corrected chi connectivity index (χ2v) is 4.61. The number of hydrogen-bond donors (Lipinski definition) is 1. The van der Waals surface area contributed by atoms with E-state index in [0.29, 0.717) is 12.1 Å². The lowest BCUT2D eigenvalue weighted by molar-refractivity contribution is 0.0665.